The normalized spacial score (nSPS) is 22.1. The fourth-order valence-electron chi connectivity index (χ4n) is 5.11. The number of nitrogens with zero attached hydrogens (tertiary/aromatic N) is 1. The van der Waals surface area contributed by atoms with Crippen molar-refractivity contribution in [2.75, 3.05) is 26.2 Å². The van der Waals surface area contributed by atoms with E-state index in [-0.39, 0.29) is 22.3 Å². The monoisotopic (exact) mass is 431 g/mol. The smallest absolute Gasteiger partial charge is 0.157 e. The number of rotatable bonds is 9. The molecule has 32 heavy (non-hydrogen) atoms. The first-order valence-corrected chi connectivity index (χ1v) is 11.5. The van der Waals surface area contributed by atoms with Crippen LogP contribution in [0.15, 0.2) is 72.8 Å². The van der Waals surface area contributed by atoms with Gasteiger partial charge in [-0.2, -0.15) is 0 Å². The summed E-state index contributed by atoms with van der Waals surface area (Å²) in [5.41, 5.74) is 3.08. The van der Waals surface area contributed by atoms with Gasteiger partial charge >= 0.3 is 0 Å². The van der Waals surface area contributed by atoms with Crippen LogP contribution in [0.1, 0.15) is 43.9 Å². The quantitative estimate of drug-likeness (QED) is 0.441. The molecule has 2 unspecified atom stereocenters. The summed E-state index contributed by atoms with van der Waals surface area (Å²) in [6, 6.07) is 24.1. The first-order chi connectivity index (χ1) is 15.4. The molecule has 0 saturated heterocycles. The van der Waals surface area contributed by atoms with Crippen LogP contribution in [0, 0.1) is 0 Å². The number of phenols is 2. The van der Waals surface area contributed by atoms with Crippen molar-refractivity contribution in [2.45, 2.75) is 38.0 Å². The molecule has 3 aromatic rings. The predicted octanol–water partition coefficient (Wildman–Crippen LogP) is 5.47. The van der Waals surface area contributed by atoms with Crippen molar-refractivity contribution in [1.29, 1.82) is 0 Å². The number of likely N-dealkylation sites (N-methyl/N-ethyl adjacent to an activating group) is 1. The van der Waals surface area contributed by atoms with Crippen molar-refractivity contribution in [1.82, 2.24) is 4.90 Å². The van der Waals surface area contributed by atoms with Crippen LogP contribution in [0.2, 0.25) is 0 Å². The van der Waals surface area contributed by atoms with Crippen molar-refractivity contribution in [3.05, 3.63) is 89.5 Å². The van der Waals surface area contributed by atoms with E-state index < -0.39 is 0 Å². The van der Waals surface area contributed by atoms with E-state index in [1.807, 2.05) is 24.3 Å². The second-order valence-corrected chi connectivity index (χ2v) is 8.88. The molecule has 1 fully saturated rings. The van der Waals surface area contributed by atoms with Gasteiger partial charge < -0.3 is 19.8 Å². The Hall–Kier alpha value is -2.98. The zero-order valence-electron chi connectivity index (χ0n) is 19.2. The summed E-state index contributed by atoms with van der Waals surface area (Å²) >= 11 is 0. The second-order valence-electron chi connectivity index (χ2n) is 8.88. The van der Waals surface area contributed by atoms with Gasteiger partial charge in [0.15, 0.2) is 11.5 Å². The third-order valence-electron chi connectivity index (χ3n) is 7.23. The number of benzene rings is 3. The topological polar surface area (TPSA) is 52.9 Å². The Morgan fingerprint density at radius 3 is 2.09 bits per heavy atom. The number of hydrogen-bond donors (Lipinski definition) is 2. The molecule has 0 heterocycles. The lowest BCUT2D eigenvalue weighted by Gasteiger charge is -2.25. The van der Waals surface area contributed by atoms with E-state index in [0.717, 1.165) is 37.4 Å². The summed E-state index contributed by atoms with van der Waals surface area (Å²) in [4.78, 5) is 2.34. The van der Waals surface area contributed by atoms with E-state index in [9.17, 15) is 10.2 Å². The van der Waals surface area contributed by atoms with Gasteiger partial charge in [-0.1, -0.05) is 69.3 Å². The molecular weight excluding hydrogens is 398 g/mol. The zero-order valence-corrected chi connectivity index (χ0v) is 19.2. The third kappa shape index (κ3) is 3.84. The minimum absolute atomic E-state index is 0.0828. The molecule has 0 amide bonds. The molecule has 0 aliphatic heterocycles. The summed E-state index contributed by atoms with van der Waals surface area (Å²) in [6.07, 6.45) is 0.927. The van der Waals surface area contributed by atoms with E-state index in [0.29, 0.717) is 6.61 Å². The van der Waals surface area contributed by atoms with Crippen LogP contribution in [0.25, 0.3) is 0 Å². The van der Waals surface area contributed by atoms with Gasteiger partial charge in [-0.25, -0.2) is 0 Å². The molecule has 168 valence electrons. The number of phenolic OH excluding ortho intramolecular Hbond substituents is 2. The average Bonchev–Trinajstić information content (AvgIpc) is 3.47. The molecule has 0 radical (unpaired) electrons. The Bertz CT molecular complexity index is 1050. The van der Waals surface area contributed by atoms with Crippen molar-refractivity contribution < 1.29 is 14.9 Å². The first-order valence-electron chi connectivity index (χ1n) is 11.5. The molecule has 3 aromatic carbocycles. The largest absolute Gasteiger partial charge is 0.504 e. The highest BCUT2D eigenvalue weighted by Crippen LogP contribution is 2.69. The molecule has 1 aliphatic carbocycles. The summed E-state index contributed by atoms with van der Waals surface area (Å²) < 4.78 is 5.99. The molecule has 2 atom stereocenters. The van der Waals surface area contributed by atoms with Gasteiger partial charge in [-0.15, -0.1) is 0 Å². The van der Waals surface area contributed by atoms with Crippen LogP contribution >= 0.6 is 0 Å². The molecule has 4 nitrogen and oxygen atoms in total. The molecule has 0 spiro atoms. The zero-order chi connectivity index (χ0) is 22.8. The molecule has 0 bridgehead atoms. The summed E-state index contributed by atoms with van der Waals surface area (Å²) in [5, 5.41) is 20.1. The molecule has 4 heteroatoms. The van der Waals surface area contributed by atoms with E-state index in [4.69, 9.17) is 4.74 Å². The molecule has 1 saturated carbocycles. The Balaban J connectivity index is 1.64. The number of hydrogen-bond acceptors (Lipinski definition) is 4. The van der Waals surface area contributed by atoms with E-state index >= 15 is 0 Å². The van der Waals surface area contributed by atoms with Crippen molar-refractivity contribution in [3.63, 3.8) is 0 Å². The highest BCUT2D eigenvalue weighted by Gasteiger charge is 2.66. The van der Waals surface area contributed by atoms with Crippen LogP contribution in [0.3, 0.4) is 0 Å². The molecule has 4 rings (SSSR count). The molecular formula is C28H33NO3. The maximum absolute atomic E-state index is 10.2. The van der Waals surface area contributed by atoms with Crippen molar-refractivity contribution in [3.8, 4) is 17.2 Å². The van der Waals surface area contributed by atoms with Gasteiger partial charge in [0.25, 0.3) is 0 Å². The minimum atomic E-state index is -0.278. The lowest BCUT2D eigenvalue weighted by Crippen LogP contribution is -2.27. The van der Waals surface area contributed by atoms with Crippen LogP contribution < -0.4 is 4.74 Å². The third-order valence-corrected chi connectivity index (χ3v) is 7.23. The molecule has 1 aliphatic rings. The van der Waals surface area contributed by atoms with E-state index in [1.165, 1.54) is 11.1 Å². The standard InChI is InChI=1S/C28H33NO3/c1-4-29(5-2)17-18-32-24-14-11-22(12-15-24)28(23-13-16-25(30)26(31)19-23)20-27(28,3)21-9-7-6-8-10-21/h6-16,19,30-31H,4-5,17-18,20H2,1-3H3. The molecule has 2 N–H and O–H groups in total. The number of ether oxygens (including phenoxy) is 1. The van der Waals surface area contributed by atoms with Gasteiger partial charge in [0, 0.05) is 17.4 Å². The Morgan fingerprint density at radius 1 is 0.812 bits per heavy atom. The molecule has 0 aromatic heterocycles. The fraction of sp³-hybridized carbons (Fsp3) is 0.357. The van der Waals surface area contributed by atoms with Gasteiger partial charge in [0.2, 0.25) is 0 Å². The van der Waals surface area contributed by atoms with Crippen LogP contribution in [-0.4, -0.2) is 41.4 Å². The van der Waals surface area contributed by atoms with Crippen molar-refractivity contribution in [2.24, 2.45) is 0 Å². The summed E-state index contributed by atoms with van der Waals surface area (Å²) in [6.45, 7) is 10.2. The highest BCUT2D eigenvalue weighted by molar-refractivity contribution is 5.60. The fourth-order valence-corrected chi connectivity index (χ4v) is 5.11. The maximum Gasteiger partial charge on any atom is 0.157 e. The van der Waals surface area contributed by atoms with Crippen LogP contribution in [-0.2, 0) is 10.8 Å². The Kier molecular flexibility index (Phi) is 6.16. The first kappa shape index (κ1) is 22.2. The van der Waals surface area contributed by atoms with Gasteiger partial charge in [0.05, 0.1) is 0 Å². The number of aromatic hydroxyl groups is 2. The van der Waals surface area contributed by atoms with E-state index in [1.54, 1.807) is 12.1 Å². The average molecular weight is 432 g/mol. The van der Waals surface area contributed by atoms with Gasteiger partial charge in [-0.05, 0) is 60.5 Å². The van der Waals surface area contributed by atoms with Crippen LogP contribution in [0.5, 0.6) is 17.2 Å². The lowest BCUT2D eigenvalue weighted by atomic mass is 9.78. The second kappa shape index (κ2) is 8.87. The minimum Gasteiger partial charge on any atom is -0.504 e. The highest BCUT2D eigenvalue weighted by atomic mass is 16.5. The Morgan fingerprint density at radius 2 is 1.47 bits per heavy atom. The van der Waals surface area contributed by atoms with Gasteiger partial charge in [0.1, 0.15) is 12.4 Å². The summed E-state index contributed by atoms with van der Waals surface area (Å²) in [7, 11) is 0. The van der Waals surface area contributed by atoms with Crippen molar-refractivity contribution >= 4 is 0 Å². The Labute approximate surface area is 191 Å². The lowest BCUT2D eigenvalue weighted by molar-refractivity contribution is 0.223. The SMILES string of the molecule is CCN(CC)CCOc1ccc(C2(c3ccc(O)c(O)c3)CC2(C)c2ccccc2)cc1. The maximum atomic E-state index is 10.2. The van der Waals surface area contributed by atoms with E-state index in [2.05, 4.69) is 62.1 Å². The van der Waals surface area contributed by atoms with Gasteiger partial charge in [-0.3, -0.25) is 0 Å². The summed E-state index contributed by atoms with van der Waals surface area (Å²) in [5.74, 6) is 0.690. The van der Waals surface area contributed by atoms with Crippen LogP contribution in [0.4, 0.5) is 0 Å². The predicted molar refractivity (Wildman–Crippen MR) is 129 cm³/mol.